The van der Waals surface area contributed by atoms with Crippen molar-refractivity contribution in [3.63, 3.8) is 0 Å². The predicted octanol–water partition coefficient (Wildman–Crippen LogP) is 4.14. The van der Waals surface area contributed by atoms with Gasteiger partial charge in [0.25, 0.3) is 11.7 Å². The molecule has 1 amide bonds. The highest BCUT2D eigenvalue weighted by Gasteiger charge is 2.46. The summed E-state index contributed by atoms with van der Waals surface area (Å²) >= 11 is 0. The summed E-state index contributed by atoms with van der Waals surface area (Å²) in [4.78, 5) is 30.1. The molecule has 0 bridgehead atoms. The van der Waals surface area contributed by atoms with E-state index in [-0.39, 0.29) is 23.0 Å². The first-order chi connectivity index (χ1) is 16.8. The average molecular weight is 483 g/mol. The Hall–Kier alpha value is -3.39. The van der Waals surface area contributed by atoms with Crippen LogP contribution in [0.5, 0.6) is 11.5 Å². The van der Waals surface area contributed by atoms with Crippen molar-refractivity contribution in [2.45, 2.75) is 38.8 Å². The lowest BCUT2D eigenvalue weighted by Gasteiger charge is -2.27. The number of likely N-dealkylation sites (tertiary alicyclic amines) is 2. The Morgan fingerprint density at radius 1 is 1.11 bits per heavy atom. The van der Waals surface area contributed by atoms with Crippen LogP contribution in [0, 0.1) is 5.82 Å². The number of carbonyl (C=O) groups excluding carboxylic acids is 2. The quantitative estimate of drug-likeness (QED) is 0.346. The number of carbonyl (C=O) groups is 2. The molecule has 1 atom stereocenters. The van der Waals surface area contributed by atoms with Gasteiger partial charge in [-0.3, -0.25) is 9.59 Å². The van der Waals surface area contributed by atoms with Crippen molar-refractivity contribution in [2.24, 2.45) is 0 Å². The zero-order chi connectivity index (χ0) is 25.1. The number of ketones is 1. The molecule has 1 N–H and O–H groups in total. The van der Waals surface area contributed by atoms with Crippen LogP contribution in [0.25, 0.3) is 5.76 Å². The van der Waals surface area contributed by atoms with Crippen LogP contribution < -0.4 is 9.47 Å². The van der Waals surface area contributed by atoms with E-state index < -0.39 is 29.3 Å². The van der Waals surface area contributed by atoms with Gasteiger partial charge in [0.15, 0.2) is 11.6 Å². The van der Waals surface area contributed by atoms with Gasteiger partial charge in [-0.1, -0.05) is 12.1 Å². The number of aliphatic hydroxyl groups excluding tert-OH is 1. The fourth-order valence-corrected chi connectivity index (χ4v) is 4.71. The molecule has 2 saturated heterocycles. The van der Waals surface area contributed by atoms with E-state index in [1.54, 1.807) is 24.3 Å². The highest BCUT2D eigenvalue weighted by molar-refractivity contribution is 6.46. The molecule has 2 aliphatic rings. The fourth-order valence-electron chi connectivity index (χ4n) is 4.71. The molecule has 2 aromatic rings. The third-order valence-electron chi connectivity index (χ3n) is 6.37. The number of rotatable bonds is 8. The van der Waals surface area contributed by atoms with Crippen LogP contribution in [0.4, 0.5) is 4.39 Å². The molecular formula is C27H31FN2O5. The number of benzene rings is 2. The van der Waals surface area contributed by atoms with Crippen LogP contribution in [0.1, 0.15) is 43.9 Å². The van der Waals surface area contributed by atoms with Crippen molar-refractivity contribution in [2.75, 3.05) is 33.3 Å². The SMILES string of the molecule is COc1ccc(/C(O)=C2\C(=O)C(=O)N(CCN3CCCC3)C2c2cccc(OC(C)C)c2)cc1F. The molecule has 8 heteroatoms. The lowest BCUT2D eigenvalue weighted by atomic mass is 9.95. The Labute approximate surface area is 204 Å². The Morgan fingerprint density at radius 3 is 2.51 bits per heavy atom. The topological polar surface area (TPSA) is 79.3 Å². The van der Waals surface area contributed by atoms with Crippen molar-refractivity contribution in [3.05, 3.63) is 65.0 Å². The number of Topliss-reactive ketones (excluding diaryl/α,β-unsaturated/α-hetero) is 1. The molecule has 0 spiro atoms. The van der Waals surface area contributed by atoms with Crippen LogP contribution in [-0.2, 0) is 9.59 Å². The zero-order valence-electron chi connectivity index (χ0n) is 20.3. The lowest BCUT2D eigenvalue weighted by Crippen LogP contribution is -2.37. The second kappa shape index (κ2) is 10.5. The summed E-state index contributed by atoms with van der Waals surface area (Å²) in [5, 5.41) is 11.2. The highest BCUT2D eigenvalue weighted by atomic mass is 19.1. The standard InChI is InChI=1S/C27H31FN2O5/c1-17(2)35-20-8-6-7-18(15-20)24-23(25(31)19-9-10-22(34-3)21(28)16-19)26(32)27(33)30(24)14-13-29-11-4-5-12-29/h6-10,15-17,24,31H,4-5,11-14H2,1-3H3/b25-23+. The molecule has 0 aliphatic carbocycles. The van der Waals surface area contributed by atoms with Crippen LogP contribution >= 0.6 is 0 Å². The van der Waals surface area contributed by atoms with Gasteiger partial charge in [-0.05, 0) is 75.7 Å². The highest BCUT2D eigenvalue weighted by Crippen LogP contribution is 2.40. The van der Waals surface area contributed by atoms with Gasteiger partial charge in [0.05, 0.1) is 24.8 Å². The molecule has 1 unspecified atom stereocenters. The molecule has 7 nitrogen and oxygen atoms in total. The van der Waals surface area contributed by atoms with Crippen LogP contribution in [0.3, 0.4) is 0 Å². The van der Waals surface area contributed by atoms with Gasteiger partial charge in [0, 0.05) is 18.7 Å². The van der Waals surface area contributed by atoms with Gasteiger partial charge >= 0.3 is 0 Å². The van der Waals surface area contributed by atoms with Crippen LogP contribution in [0.2, 0.25) is 0 Å². The fraction of sp³-hybridized carbons (Fsp3) is 0.407. The van der Waals surface area contributed by atoms with Gasteiger partial charge < -0.3 is 24.4 Å². The zero-order valence-corrected chi connectivity index (χ0v) is 20.3. The summed E-state index contributed by atoms with van der Waals surface area (Å²) in [5.74, 6) is -1.96. The first-order valence-corrected chi connectivity index (χ1v) is 11.9. The van der Waals surface area contributed by atoms with Crippen molar-refractivity contribution >= 4 is 17.4 Å². The maximum absolute atomic E-state index is 14.4. The normalized spacial score (nSPS) is 20.1. The first-order valence-electron chi connectivity index (χ1n) is 11.9. The average Bonchev–Trinajstić information content (AvgIpc) is 3.43. The van der Waals surface area contributed by atoms with Gasteiger partial charge in [-0.15, -0.1) is 0 Å². The van der Waals surface area contributed by atoms with Gasteiger partial charge in [-0.25, -0.2) is 4.39 Å². The number of nitrogens with zero attached hydrogens (tertiary/aromatic N) is 2. The van der Waals surface area contributed by atoms with E-state index in [2.05, 4.69) is 4.90 Å². The number of halogens is 1. The molecule has 0 aromatic heterocycles. The van der Waals surface area contributed by atoms with Gasteiger partial charge in [0.1, 0.15) is 11.5 Å². The molecule has 0 radical (unpaired) electrons. The van der Waals surface area contributed by atoms with Crippen LogP contribution in [-0.4, -0.2) is 66.0 Å². The Morgan fingerprint density at radius 2 is 1.86 bits per heavy atom. The summed E-state index contributed by atoms with van der Waals surface area (Å²) in [7, 11) is 1.34. The summed E-state index contributed by atoms with van der Waals surface area (Å²) in [6, 6.07) is 10.3. The molecule has 2 heterocycles. The summed E-state index contributed by atoms with van der Waals surface area (Å²) in [6.07, 6.45) is 2.16. The minimum atomic E-state index is -0.821. The molecule has 2 fully saturated rings. The van der Waals surface area contributed by atoms with E-state index >= 15 is 0 Å². The Balaban J connectivity index is 1.78. The molecule has 35 heavy (non-hydrogen) atoms. The van der Waals surface area contributed by atoms with Gasteiger partial charge in [0.2, 0.25) is 0 Å². The maximum atomic E-state index is 14.4. The molecule has 2 aliphatic heterocycles. The van der Waals surface area contributed by atoms with E-state index in [0.717, 1.165) is 32.0 Å². The Kier molecular flexibility index (Phi) is 7.40. The summed E-state index contributed by atoms with van der Waals surface area (Å²) in [6.45, 7) is 6.69. The van der Waals surface area contributed by atoms with E-state index in [0.29, 0.717) is 24.4 Å². The number of hydrogen-bond donors (Lipinski definition) is 1. The second-order valence-electron chi connectivity index (χ2n) is 9.13. The number of hydrogen-bond acceptors (Lipinski definition) is 6. The first kappa shape index (κ1) is 24.7. The molecule has 2 aromatic carbocycles. The van der Waals surface area contributed by atoms with E-state index in [1.165, 1.54) is 24.1 Å². The smallest absolute Gasteiger partial charge is 0.295 e. The van der Waals surface area contributed by atoms with Crippen LogP contribution in [0.15, 0.2) is 48.0 Å². The Bertz CT molecular complexity index is 1140. The number of amides is 1. The number of ether oxygens (including phenoxy) is 2. The number of methoxy groups -OCH3 is 1. The predicted molar refractivity (Wildman–Crippen MR) is 130 cm³/mol. The van der Waals surface area contributed by atoms with E-state index in [9.17, 15) is 19.1 Å². The molecule has 0 saturated carbocycles. The van der Waals surface area contributed by atoms with E-state index in [1.807, 2.05) is 13.8 Å². The number of aliphatic hydroxyl groups is 1. The van der Waals surface area contributed by atoms with Crippen molar-refractivity contribution in [1.29, 1.82) is 0 Å². The van der Waals surface area contributed by atoms with E-state index in [4.69, 9.17) is 9.47 Å². The summed E-state index contributed by atoms with van der Waals surface area (Å²) in [5.41, 5.74) is 0.669. The largest absolute Gasteiger partial charge is 0.507 e. The third-order valence-corrected chi connectivity index (χ3v) is 6.37. The van der Waals surface area contributed by atoms with Crippen molar-refractivity contribution in [3.8, 4) is 11.5 Å². The summed E-state index contributed by atoms with van der Waals surface area (Å²) < 4.78 is 25.2. The molecular weight excluding hydrogens is 451 g/mol. The maximum Gasteiger partial charge on any atom is 0.295 e. The molecule has 186 valence electrons. The van der Waals surface area contributed by atoms with Crippen molar-refractivity contribution in [1.82, 2.24) is 9.80 Å². The van der Waals surface area contributed by atoms with Gasteiger partial charge in [-0.2, -0.15) is 0 Å². The second-order valence-corrected chi connectivity index (χ2v) is 9.13. The molecule has 4 rings (SSSR count). The lowest BCUT2D eigenvalue weighted by molar-refractivity contribution is -0.140. The van der Waals surface area contributed by atoms with Crippen molar-refractivity contribution < 1.29 is 28.6 Å². The monoisotopic (exact) mass is 482 g/mol. The third kappa shape index (κ3) is 5.17. The minimum absolute atomic E-state index is 0.0164. The minimum Gasteiger partial charge on any atom is -0.507 e.